The minimum atomic E-state index is -0.0250. The molecule has 0 spiro atoms. The van der Waals surface area contributed by atoms with Crippen molar-refractivity contribution in [1.29, 1.82) is 0 Å². The average molecular weight is 246 g/mol. The Morgan fingerprint density at radius 2 is 2.12 bits per heavy atom. The van der Waals surface area contributed by atoms with Crippen LogP contribution in [0, 0.1) is 13.8 Å². The Morgan fingerprint density at radius 3 is 2.71 bits per heavy atom. The fraction of sp³-hybridized carbons (Fsp3) is 0.231. The van der Waals surface area contributed by atoms with Gasteiger partial charge in [-0.3, -0.25) is 9.69 Å². The SMILES string of the molecule is Cc1cccc(C(=O)N(C)c2nc(C)cs2)c1. The van der Waals surface area contributed by atoms with Gasteiger partial charge in [0.1, 0.15) is 0 Å². The zero-order chi connectivity index (χ0) is 12.4. The molecule has 0 saturated heterocycles. The lowest BCUT2D eigenvalue weighted by atomic mass is 10.1. The average Bonchev–Trinajstić information content (AvgIpc) is 2.74. The Kier molecular flexibility index (Phi) is 3.24. The van der Waals surface area contributed by atoms with Crippen LogP contribution in [-0.2, 0) is 0 Å². The Morgan fingerprint density at radius 1 is 1.35 bits per heavy atom. The van der Waals surface area contributed by atoms with Crippen molar-refractivity contribution in [3.63, 3.8) is 0 Å². The molecule has 1 heterocycles. The Bertz CT molecular complexity index is 548. The number of hydrogen-bond donors (Lipinski definition) is 0. The van der Waals surface area contributed by atoms with Crippen LogP contribution in [0.15, 0.2) is 29.6 Å². The highest BCUT2D eigenvalue weighted by Gasteiger charge is 2.15. The molecule has 1 aromatic carbocycles. The van der Waals surface area contributed by atoms with Crippen molar-refractivity contribution in [2.24, 2.45) is 0 Å². The number of carbonyl (C=O) groups is 1. The molecular formula is C13H14N2OS. The zero-order valence-corrected chi connectivity index (χ0v) is 10.9. The summed E-state index contributed by atoms with van der Waals surface area (Å²) >= 11 is 1.48. The summed E-state index contributed by atoms with van der Waals surface area (Å²) in [7, 11) is 1.75. The monoisotopic (exact) mass is 246 g/mol. The molecule has 0 radical (unpaired) electrons. The number of aromatic nitrogens is 1. The van der Waals surface area contributed by atoms with Gasteiger partial charge in [-0.2, -0.15) is 0 Å². The number of benzene rings is 1. The normalized spacial score (nSPS) is 10.3. The van der Waals surface area contributed by atoms with Gasteiger partial charge in [0.25, 0.3) is 5.91 Å². The number of thiazole rings is 1. The van der Waals surface area contributed by atoms with Crippen molar-refractivity contribution in [2.45, 2.75) is 13.8 Å². The van der Waals surface area contributed by atoms with Gasteiger partial charge in [-0.15, -0.1) is 11.3 Å². The van der Waals surface area contributed by atoms with E-state index in [1.807, 2.05) is 43.5 Å². The molecule has 0 N–H and O–H groups in total. The summed E-state index contributed by atoms with van der Waals surface area (Å²) in [6.07, 6.45) is 0. The number of aryl methyl sites for hydroxylation is 2. The van der Waals surface area contributed by atoms with Gasteiger partial charge >= 0.3 is 0 Å². The van der Waals surface area contributed by atoms with Crippen LogP contribution in [-0.4, -0.2) is 17.9 Å². The van der Waals surface area contributed by atoms with E-state index >= 15 is 0 Å². The van der Waals surface area contributed by atoms with E-state index in [4.69, 9.17) is 0 Å². The Balaban J connectivity index is 2.26. The van der Waals surface area contributed by atoms with Gasteiger partial charge in [-0.1, -0.05) is 17.7 Å². The molecule has 0 aliphatic heterocycles. The fourth-order valence-electron chi connectivity index (χ4n) is 1.55. The smallest absolute Gasteiger partial charge is 0.259 e. The third kappa shape index (κ3) is 2.53. The van der Waals surface area contributed by atoms with Gasteiger partial charge in [0, 0.05) is 18.0 Å². The molecule has 0 unspecified atom stereocenters. The standard InChI is InChI=1S/C13H14N2OS/c1-9-5-4-6-11(7-9)12(16)15(3)13-14-10(2)8-17-13/h4-8H,1-3H3. The molecular weight excluding hydrogens is 232 g/mol. The highest BCUT2D eigenvalue weighted by molar-refractivity contribution is 7.14. The van der Waals surface area contributed by atoms with E-state index < -0.39 is 0 Å². The summed E-state index contributed by atoms with van der Waals surface area (Å²) < 4.78 is 0. The molecule has 1 aromatic heterocycles. The summed E-state index contributed by atoms with van der Waals surface area (Å²) in [5, 5.41) is 2.67. The van der Waals surface area contributed by atoms with Crippen molar-refractivity contribution < 1.29 is 4.79 Å². The first-order chi connectivity index (χ1) is 8.08. The number of carbonyl (C=O) groups excluding carboxylic acids is 1. The molecule has 4 heteroatoms. The molecule has 0 aliphatic rings. The van der Waals surface area contributed by atoms with Gasteiger partial charge in [-0.05, 0) is 26.0 Å². The van der Waals surface area contributed by atoms with Gasteiger partial charge < -0.3 is 0 Å². The van der Waals surface area contributed by atoms with E-state index in [1.165, 1.54) is 11.3 Å². The van der Waals surface area contributed by atoms with Crippen molar-refractivity contribution in [2.75, 3.05) is 11.9 Å². The van der Waals surface area contributed by atoms with Crippen LogP contribution in [0.2, 0.25) is 0 Å². The fourth-order valence-corrected chi connectivity index (χ4v) is 2.32. The molecule has 0 atom stereocenters. The molecule has 3 nitrogen and oxygen atoms in total. The van der Waals surface area contributed by atoms with Gasteiger partial charge in [-0.25, -0.2) is 4.98 Å². The highest BCUT2D eigenvalue weighted by Crippen LogP contribution is 2.20. The van der Waals surface area contributed by atoms with Crippen LogP contribution in [0.5, 0.6) is 0 Å². The predicted octanol–water partition coefficient (Wildman–Crippen LogP) is 3.04. The van der Waals surface area contributed by atoms with Crippen LogP contribution in [0.25, 0.3) is 0 Å². The summed E-state index contributed by atoms with van der Waals surface area (Å²) in [6.45, 7) is 3.90. The molecule has 0 aliphatic carbocycles. The molecule has 0 saturated carbocycles. The summed E-state index contributed by atoms with van der Waals surface area (Å²) in [6, 6.07) is 7.58. The highest BCUT2D eigenvalue weighted by atomic mass is 32.1. The number of hydrogen-bond acceptors (Lipinski definition) is 3. The second-order valence-electron chi connectivity index (χ2n) is 4.01. The van der Waals surface area contributed by atoms with E-state index in [0.29, 0.717) is 5.56 Å². The molecule has 0 fully saturated rings. The van der Waals surface area contributed by atoms with Crippen LogP contribution < -0.4 is 4.90 Å². The topological polar surface area (TPSA) is 33.2 Å². The maximum absolute atomic E-state index is 12.2. The van der Waals surface area contributed by atoms with Crippen molar-refractivity contribution >= 4 is 22.4 Å². The number of rotatable bonds is 2. The van der Waals surface area contributed by atoms with Crippen molar-refractivity contribution in [3.8, 4) is 0 Å². The van der Waals surface area contributed by atoms with Crippen LogP contribution >= 0.6 is 11.3 Å². The largest absolute Gasteiger partial charge is 0.287 e. The van der Waals surface area contributed by atoms with Gasteiger partial charge in [0.15, 0.2) is 5.13 Å². The minimum absolute atomic E-state index is 0.0250. The van der Waals surface area contributed by atoms with Gasteiger partial charge in [0.05, 0.1) is 5.69 Å². The van der Waals surface area contributed by atoms with Crippen LogP contribution in [0.1, 0.15) is 21.6 Å². The number of nitrogens with zero attached hydrogens (tertiary/aromatic N) is 2. The van der Waals surface area contributed by atoms with E-state index in [1.54, 1.807) is 11.9 Å². The maximum Gasteiger partial charge on any atom is 0.259 e. The number of amides is 1. The molecule has 2 rings (SSSR count). The van der Waals surface area contributed by atoms with Crippen LogP contribution in [0.4, 0.5) is 5.13 Å². The number of anilines is 1. The van der Waals surface area contributed by atoms with Crippen molar-refractivity contribution in [1.82, 2.24) is 4.98 Å². The molecule has 2 aromatic rings. The maximum atomic E-state index is 12.2. The first-order valence-corrected chi connectivity index (χ1v) is 6.23. The third-order valence-electron chi connectivity index (χ3n) is 2.46. The zero-order valence-electron chi connectivity index (χ0n) is 10.1. The summed E-state index contributed by atoms with van der Waals surface area (Å²) in [4.78, 5) is 18.1. The quantitative estimate of drug-likeness (QED) is 0.816. The lowest BCUT2D eigenvalue weighted by molar-refractivity contribution is 0.0993. The molecule has 0 bridgehead atoms. The lowest BCUT2D eigenvalue weighted by Gasteiger charge is -2.13. The molecule has 1 amide bonds. The third-order valence-corrected chi connectivity index (χ3v) is 3.50. The van der Waals surface area contributed by atoms with Crippen molar-refractivity contribution in [3.05, 3.63) is 46.5 Å². The van der Waals surface area contributed by atoms with E-state index in [0.717, 1.165) is 16.4 Å². The second-order valence-corrected chi connectivity index (χ2v) is 4.84. The first kappa shape index (κ1) is 11.8. The summed E-state index contributed by atoms with van der Waals surface area (Å²) in [5.41, 5.74) is 2.72. The summed E-state index contributed by atoms with van der Waals surface area (Å²) in [5.74, 6) is -0.0250. The van der Waals surface area contributed by atoms with Crippen LogP contribution in [0.3, 0.4) is 0 Å². The van der Waals surface area contributed by atoms with E-state index in [2.05, 4.69) is 4.98 Å². The van der Waals surface area contributed by atoms with Gasteiger partial charge in [0.2, 0.25) is 0 Å². The Hall–Kier alpha value is -1.68. The van der Waals surface area contributed by atoms with E-state index in [9.17, 15) is 4.79 Å². The molecule has 17 heavy (non-hydrogen) atoms. The predicted molar refractivity (Wildman–Crippen MR) is 70.8 cm³/mol. The minimum Gasteiger partial charge on any atom is -0.287 e. The molecule has 88 valence electrons. The Labute approximate surface area is 105 Å². The van der Waals surface area contributed by atoms with E-state index in [-0.39, 0.29) is 5.91 Å². The lowest BCUT2D eigenvalue weighted by Crippen LogP contribution is -2.26. The second kappa shape index (κ2) is 4.67. The first-order valence-electron chi connectivity index (χ1n) is 5.35.